The second kappa shape index (κ2) is 8.69. The average Bonchev–Trinajstić information content (AvgIpc) is 2.77. The quantitative estimate of drug-likeness (QED) is 0.511. The average molecular weight is 404 g/mol. The molecule has 2 heterocycles. The molecule has 0 saturated carbocycles. The Labute approximate surface area is 175 Å². The van der Waals surface area contributed by atoms with E-state index in [0.717, 1.165) is 48.4 Å². The van der Waals surface area contributed by atoms with E-state index in [0.29, 0.717) is 17.9 Å². The molecule has 1 aromatic heterocycles. The Balaban J connectivity index is 1.80. The van der Waals surface area contributed by atoms with Gasteiger partial charge in [0.1, 0.15) is 0 Å². The van der Waals surface area contributed by atoms with E-state index in [1.54, 1.807) is 12.1 Å². The number of nitrogens with zero attached hydrogens (tertiary/aromatic N) is 4. The van der Waals surface area contributed by atoms with Crippen LogP contribution in [0.2, 0.25) is 0 Å². The van der Waals surface area contributed by atoms with Crippen molar-refractivity contribution in [3.05, 3.63) is 76.0 Å². The van der Waals surface area contributed by atoms with Crippen molar-refractivity contribution in [1.82, 2.24) is 14.9 Å². The fourth-order valence-corrected chi connectivity index (χ4v) is 3.81. The number of rotatable bonds is 5. The summed E-state index contributed by atoms with van der Waals surface area (Å²) >= 11 is 0. The SMILES string of the molecule is Cc1nc(-c2ccccc2)nc(-c2cccc([N+](=O)[O-])c2)c1CN1CCC(O)CC1. The van der Waals surface area contributed by atoms with Gasteiger partial charge in [-0.3, -0.25) is 15.0 Å². The maximum absolute atomic E-state index is 11.3. The monoisotopic (exact) mass is 404 g/mol. The molecule has 0 spiro atoms. The lowest BCUT2D eigenvalue weighted by molar-refractivity contribution is -0.384. The molecule has 1 aliphatic heterocycles. The summed E-state index contributed by atoms with van der Waals surface area (Å²) in [7, 11) is 0. The number of likely N-dealkylation sites (tertiary alicyclic amines) is 1. The van der Waals surface area contributed by atoms with Gasteiger partial charge >= 0.3 is 0 Å². The molecule has 30 heavy (non-hydrogen) atoms. The first-order chi connectivity index (χ1) is 14.5. The molecule has 7 heteroatoms. The lowest BCUT2D eigenvalue weighted by Crippen LogP contribution is -2.35. The number of nitro groups is 1. The van der Waals surface area contributed by atoms with Crippen molar-refractivity contribution in [3.63, 3.8) is 0 Å². The minimum absolute atomic E-state index is 0.0390. The van der Waals surface area contributed by atoms with Crippen LogP contribution in [0.25, 0.3) is 22.6 Å². The topological polar surface area (TPSA) is 92.4 Å². The third-order valence-electron chi connectivity index (χ3n) is 5.52. The van der Waals surface area contributed by atoms with Crippen LogP contribution in [-0.4, -0.2) is 44.1 Å². The van der Waals surface area contributed by atoms with E-state index in [1.165, 1.54) is 6.07 Å². The van der Waals surface area contributed by atoms with Gasteiger partial charge in [0, 0.05) is 54.2 Å². The summed E-state index contributed by atoms with van der Waals surface area (Å²) in [5, 5.41) is 21.1. The smallest absolute Gasteiger partial charge is 0.270 e. The van der Waals surface area contributed by atoms with Crippen LogP contribution in [0, 0.1) is 17.0 Å². The molecule has 0 bridgehead atoms. The van der Waals surface area contributed by atoms with E-state index in [1.807, 2.05) is 43.3 Å². The van der Waals surface area contributed by atoms with Crippen molar-refractivity contribution >= 4 is 5.69 Å². The maximum Gasteiger partial charge on any atom is 0.270 e. The highest BCUT2D eigenvalue weighted by Gasteiger charge is 2.22. The minimum Gasteiger partial charge on any atom is -0.393 e. The Hall–Kier alpha value is -3.16. The number of aliphatic hydroxyl groups excluding tert-OH is 1. The van der Waals surface area contributed by atoms with E-state index in [2.05, 4.69) is 4.90 Å². The lowest BCUT2D eigenvalue weighted by atomic mass is 10.0. The summed E-state index contributed by atoms with van der Waals surface area (Å²) in [5.74, 6) is 0.604. The minimum atomic E-state index is -0.388. The maximum atomic E-state index is 11.3. The standard InChI is InChI=1S/C23H24N4O3/c1-16-21(15-26-12-10-20(28)11-13-26)22(18-8-5-9-19(14-18)27(29)30)25-23(24-16)17-6-3-2-4-7-17/h2-9,14,20,28H,10-13,15H2,1H3. The molecule has 0 atom stereocenters. The third-order valence-corrected chi connectivity index (χ3v) is 5.52. The molecule has 0 unspecified atom stereocenters. The first-order valence-electron chi connectivity index (χ1n) is 10.1. The Morgan fingerprint density at radius 3 is 2.47 bits per heavy atom. The number of hydrogen-bond acceptors (Lipinski definition) is 6. The molecular weight excluding hydrogens is 380 g/mol. The zero-order chi connectivity index (χ0) is 21.1. The predicted octanol–water partition coefficient (Wildman–Crippen LogP) is 3.98. The summed E-state index contributed by atoms with van der Waals surface area (Å²) in [6.07, 6.45) is 1.25. The number of nitro benzene ring substituents is 1. The van der Waals surface area contributed by atoms with Gasteiger partial charge in [-0.25, -0.2) is 9.97 Å². The number of non-ortho nitro benzene ring substituents is 1. The van der Waals surface area contributed by atoms with Crippen LogP contribution in [0.15, 0.2) is 54.6 Å². The first-order valence-corrected chi connectivity index (χ1v) is 10.1. The van der Waals surface area contributed by atoms with Crippen LogP contribution in [-0.2, 0) is 6.54 Å². The molecule has 2 aromatic carbocycles. The van der Waals surface area contributed by atoms with Crippen LogP contribution in [0.3, 0.4) is 0 Å². The van der Waals surface area contributed by atoms with Gasteiger partial charge in [0.15, 0.2) is 5.82 Å². The van der Waals surface area contributed by atoms with Gasteiger partial charge in [-0.05, 0) is 19.8 Å². The molecule has 1 saturated heterocycles. The van der Waals surface area contributed by atoms with Gasteiger partial charge in [-0.15, -0.1) is 0 Å². The van der Waals surface area contributed by atoms with Gasteiger partial charge in [0.25, 0.3) is 5.69 Å². The zero-order valence-corrected chi connectivity index (χ0v) is 16.9. The normalized spacial score (nSPS) is 15.3. The molecule has 0 radical (unpaired) electrons. The van der Waals surface area contributed by atoms with Crippen molar-refractivity contribution < 1.29 is 10.0 Å². The molecule has 1 aliphatic rings. The zero-order valence-electron chi connectivity index (χ0n) is 16.9. The summed E-state index contributed by atoms with van der Waals surface area (Å²) < 4.78 is 0. The summed E-state index contributed by atoms with van der Waals surface area (Å²) in [6, 6.07) is 16.3. The molecule has 1 N–H and O–H groups in total. The highest BCUT2D eigenvalue weighted by atomic mass is 16.6. The molecule has 7 nitrogen and oxygen atoms in total. The second-order valence-electron chi connectivity index (χ2n) is 7.64. The van der Waals surface area contributed by atoms with Gasteiger partial charge < -0.3 is 5.11 Å². The fourth-order valence-electron chi connectivity index (χ4n) is 3.81. The van der Waals surface area contributed by atoms with Crippen LogP contribution in [0.1, 0.15) is 24.1 Å². The fraction of sp³-hybridized carbons (Fsp3) is 0.304. The number of aryl methyl sites for hydroxylation is 1. The van der Waals surface area contributed by atoms with Gasteiger partial charge in [0.05, 0.1) is 16.7 Å². The highest BCUT2D eigenvalue weighted by Crippen LogP contribution is 2.30. The van der Waals surface area contributed by atoms with Crippen LogP contribution < -0.4 is 0 Å². The van der Waals surface area contributed by atoms with E-state index in [9.17, 15) is 15.2 Å². The van der Waals surface area contributed by atoms with Crippen LogP contribution in [0.5, 0.6) is 0 Å². The number of aliphatic hydroxyl groups is 1. The Morgan fingerprint density at radius 2 is 1.77 bits per heavy atom. The van der Waals surface area contributed by atoms with Gasteiger partial charge in [-0.1, -0.05) is 42.5 Å². The van der Waals surface area contributed by atoms with Crippen LogP contribution in [0.4, 0.5) is 5.69 Å². The second-order valence-corrected chi connectivity index (χ2v) is 7.64. The Morgan fingerprint density at radius 1 is 1.07 bits per heavy atom. The van der Waals surface area contributed by atoms with E-state index >= 15 is 0 Å². The Kier molecular flexibility index (Phi) is 5.83. The van der Waals surface area contributed by atoms with Crippen molar-refractivity contribution in [1.29, 1.82) is 0 Å². The van der Waals surface area contributed by atoms with Gasteiger partial charge in [0.2, 0.25) is 0 Å². The van der Waals surface area contributed by atoms with E-state index in [4.69, 9.17) is 9.97 Å². The van der Waals surface area contributed by atoms with Gasteiger partial charge in [-0.2, -0.15) is 0 Å². The summed E-state index contributed by atoms with van der Waals surface area (Å²) in [5.41, 5.74) is 4.19. The number of hydrogen-bond donors (Lipinski definition) is 1. The summed E-state index contributed by atoms with van der Waals surface area (Å²) in [6.45, 7) is 4.21. The number of aromatic nitrogens is 2. The highest BCUT2D eigenvalue weighted by molar-refractivity contribution is 5.69. The number of benzene rings is 2. The van der Waals surface area contributed by atoms with E-state index < -0.39 is 0 Å². The third kappa shape index (κ3) is 4.37. The molecule has 4 rings (SSSR count). The molecule has 154 valence electrons. The number of piperidine rings is 1. The summed E-state index contributed by atoms with van der Waals surface area (Å²) in [4.78, 5) is 22.8. The molecule has 1 fully saturated rings. The molecule has 0 amide bonds. The van der Waals surface area contributed by atoms with Crippen molar-refractivity contribution in [2.45, 2.75) is 32.4 Å². The van der Waals surface area contributed by atoms with Crippen LogP contribution >= 0.6 is 0 Å². The molecular formula is C23H24N4O3. The molecule has 3 aromatic rings. The molecule has 0 aliphatic carbocycles. The Bertz CT molecular complexity index is 1050. The lowest BCUT2D eigenvalue weighted by Gasteiger charge is -2.30. The van der Waals surface area contributed by atoms with Crippen molar-refractivity contribution in [2.75, 3.05) is 13.1 Å². The van der Waals surface area contributed by atoms with Crippen molar-refractivity contribution in [2.24, 2.45) is 0 Å². The predicted molar refractivity (Wildman–Crippen MR) is 115 cm³/mol. The van der Waals surface area contributed by atoms with Crippen molar-refractivity contribution in [3.8, 4) is 22.6 Å². The largest absolute Gasteiger partial charge is 0.393 e. The van der Waals surface area contributed by atoms with E-state index in [-0.39, 0.29) is 16.7 Å². The first kappa shape index (κ1) is 20.1.